The van der Waals surface area contributed by atoms with E-state index in [-0.39, 0.29) is 17.1 Å². The number of anilines is 3. The molecule has 0 aliphatic carbocycles. The Bertz CT molecular complexity index is 1600. The summed E-state index contributed by atoms with van der Waals surface area (Å²) in [6.45, 7) is 16.5. The van der Waals surface area contributed by atoms with Gasteiger partial charge in [0, 0.05) is 43.1 Å². The number of hydrogen-bond donors (Lipinski definition) is 1. The average molecular weight is 640 g/mol. The first-order valence-electron chi connectivity index (χ1n) is 15.2. The van der Waals surface area contributed by atoms with Crippen LogP contribution in [0.4, 0.5) is 22.1 Å². The fraction of sp³-hybridized carbons (Fsp3) is 0.500. The number of aryl methyl sites for hydroxylation is 1. The minimum absolute atomic E-state index is 0.116. The predicted octanol–water partition coefficient (Wildman–Crippen LogP) is 5.28. The molecule has 3 amide bonds. The Morgan fingerprint density at radius 1 is 1.00 bits per heavy atom. The quantitative estimate of drug-likeness (QED) is 0.313. The molecule has 1 aliphatic heterocycles. The predicted molar refractivity (Wildman–Crippen MR) is 176 cm³/mol. The van der Waals surface area contributed by atoms with E-state index in [1.54, 1.807) is 18.2 Å². The molecule has 1 N–H and O–H groups in total. The Kier molecular flexibility index (Phi) is 9.93. The minimum atomic E-state index is -4.11. The number of nitrogens with zero attached hydrogens (tertiary/aromatic N) is 6. The van der Waals surface area contributed by atoms with Crippen LogP contribution in [0, 0.1) is 12.3 Å². The van der Waals surface area contributed by atoms with Crippen LogP contribution >= 0.6 is 0 Å². The van der Waals surface area contributed by atoms with Crippen molar-refractivity contribution in [3.8, 4) is 5.69 Å². The molecule has 244 valence electrons. The van der Waals surface area contributed by atoms with Crippen LogP contribution in [0.1, 0.15) is 65.6 Å². The second-order valence-electron chi connectivity index (χ2n) is 13.2. The number of piperazine rings is 1. The first-order chi connectivity index (χ1) is 21.0. The molecule has 12 nitrogen and oxygen atoms in total. The molecule has 3 aromatic rings. The van der Waals surface area contributed by atoms with Crippen molar-refractivity contribution < 1.29 is 22.3 Å². The van der Waals surface area contributed by atoms with E-state index in [0.717, 1.165) is 24.7 Å². The second-order valence-corrected chi connectivity index (χ2v) is 14.8. The maximum Gasteiger partial charge on any atom is 0.353 e. The van der Waals surface area contributed by atoms with Crippen LogP contribution in [0.2, 0.25) is 0 Å². The molecular formula is C32H45N7O5S. The average Bonchev–Trinajstić information content (AvgIpc) is 3.42. The second kappa shape index (κ2) is 13.2. The van der Waals surface area contributed by atoms with Gasteiger partial charge in [-0.2, -0.15) is 13.5 Å². The number of amides is 3. The number of urea groups is 1. The van der Waals surface area contributed by atoms with Gasteiger partial charge in [-0.1, -0.05) is 65.7 Å². The van der Waals surface area contributed by atoms with Crippen molar-refractivity contribution in [3.05, 3.63) is 59.9 Å². The van der Waals surface area contributed by atoms with Crippen LogP contribution in [0.25, 0.3) is 5.69 Å². The fourth-order valence-electron chi connectivity index (χ4n) is 5.19. The molecule has 13 heteroatoms. The first kappa shape index (κ1) is 33.9. The van der Waals surface area contributed by atoms with E-state index in [0.29, 0.717) is 54.1 Å². The minimum Gasteiger partial charge on any atom is -0.353 e. The SMILES string of the molecule is CCCC(C)(C)C(=O)N1CCN(c2ccc(NC(=O)N(OS(C)(=O)=O)c3cc(C(C)(C)C)nn3-c3ccc(C)cc3)cn2)CC1. The third-order valence-electron chi connectivity index (χ3n) is 7.68. The molecule has 0 saturated carbocycles. The molecule has 1 fully saturated rings. The van der Waals surface area contributed by atoms with E-state index in [1.165, 1.54) is 10.9 Å². The number of benzene rings is 1. The van der Waals surface area contributed by atoms with E-state index in [2.05, 4.69) is 22.1 Å². The number of hydroxylamine groups is 1. The molecule has 0 atom stereocenters. The molecule has 0 unspecified atom stereocenters. The summed E-state index contributed by atoms with van der Waals surface area (Å²) >= 11 is 0. The molecular weight excluding hydrogens is 594 g/mol. The van der Waals surface area contributed by atoms with Gasteiger partial charge in [-0.05, 0) is 37.6 Å². The fourth-order valence-corrected chi connectivity index (χ4v) is 5.60. The highest BCUT2D eigenvalue weighted by molar-refractivity contribution is 7.86. The van der Waals surface area contributed by atoms with Gasteiger partial charge in [0.15, 0.2) is 5.82 Å². The van der Waals surface area contributed by atoms with Gasteiger partial charge in [0.1, 0.15) is 5.82 Å². The summed E-state index contributed by atoms with van der Waals surface area (Å²) in [7, 11) is -4.11. The van der Waals surface area contributed by atoms with Gasteiger partial charge < -0.3 is 15.1 Å². The summed E-state index contributed by atoms with van der Waals surface area (Å²) in [4.78, 5) is 35.2. The molecule has 4 rings (SSSR count). The number of hydrogen-bond acceptors (Lipinski definition) is 8. The van der Waals surface area contributed by atoms with Gasteiger partial charge in [-0.3, -0.25) is 4.79 Å². The highest BCUT2D eigenvalue weighted by Gasteiger charge is 2.33. The number of carbonyl (C=O) groups excluding carboxylic acids is 2. The lowest BCUT2D eigenvalue weighted by Crippen LogP contribution is -2.52. The van der Waals surface area contributed by atoms with E-state index in [9.17, 15) is 18.0 Å². The van der Waals surface area contributed by atoms with E-state index < -0.39 is 21.6 Å². The molecule has 1 saturated heterocycles. The van der Waals surface area contributed by atoms with Crippen molar-refractivity contribution in [2.45, 2.75) is 66.7 Å². The molecule has 1 aliphatic rings. The highest BCUT2D eigenvalue weighted by atomic mass is 32.2. The van der Waals surface area contributed by atoms with Gasteiger partial charge in [0.05, 0.1) is 29.5 Å². The lowest BCUT2D eigenvalue weighted by molar-refractivity contribution is -0.141. The van der Waals surface area contributed by atoms with Gasteiger partial charge in [-0.15, -0.1) is 9.35 Å². The van der Waals surface area contributed by atoms with Gasteiger partial charge >= 0.3 is 6.03 Å². The monoisotopic (exact) mass is 639 g/mol. The molecule has 1 aromatic carbocycles. The maximum atomic E-state index is 13.6. The summed E-state index contributed by atoms with van der Waals surface area (Å²) in [5.41, 5.74) is 1.86. The van der Waals surface area contributed by atoms with Crippen molar-refractivity contribution >= 4 is 39.4 Å². The topological polar surface area (TPSA) is 130 Å². The lowest BCUT2D eigenvalue weighted by atomic mass is 9.86. The number of nitrogens with one attached hydrogen (secondary N) is 1. The van der Waals surface area contributed by atoms with Crippen LogP contribution in [0.15, 0.2) is 48.7 Å². The van der Waals surface area contributed by atoms with E-state index in [1.807, 2.05) is 70.7 Å². The van der Waals surface area contributed by atoms with Gasteiger partial charge in [-0.25, -0.2) is 14.5 Å². The summed E-state index contributed by atoms with van der Waals surface area (Å²) < 4.78 is 31.4. The molecule has 45 heavy (non-hydrogen) atoms. The summed E-state index contributed by atoms with van der Waals surface area (Å²) in [6.07, 6.45) is 4.18. The molecule has 0 spiro atoms. The third-order valence-corrected chi connectivity index (χ3v) is 8.10. The van der Waals surface area contributed by atoms with Crippen molar-refractivity contribution in [1.29, 1.82) is 0 Å². The van der Waals surface area contributed by atoms with E-state index >= 15 is 0 Å². The summed E-state index contributed by atoms with van der Waals surface area (Å²) in [5, 5.41) is 8.10. The van der Waals surface area contributed by atoms with E-state index in [4.69, 9.17) is 9.38 Å². The standard InChI is InChI=1S/C32H45N7O5S/c1-9-16-32(6,7)29(40)37-19-17-36(18-20-37)27-15-12-24(22-33-27)34-30(41)39(44-45(8,42)43)28-21-26(31(3,4)5)35-38(28)25-13-10-23(2)11-14-25/h10-15,21-22H,9,16-20H2,1-8H3,(H,34,41). The molecule has 2 aromatic heterocycles. The normalized spacial score (nSPS) is 14.4. The summed E-state index contributed by atoms with van der Waals surface area (Å²) in [5.74, 6) is 1.00. The Labute approximate surface area is 266 Å². The van der Waals surface area contributed by atoms with Crippen molar-refractivity contribution in [1.82, 2.24) is 19.7 Å². The number of aromatic nitrogens is 3. The Balaban J connectivity index is 1.53. The molecule has 0 bridgehead atoms. The zero-order valence-corrected chi connectivity index (χ0v) is 28.3. The third kappa shape index (κ3) is 8.40. The largest absolute Gasteiger partial charge is 0.353 e. The van der Waals surface area contributed by atoms with Crippen LogP contribution in [-0.4, -0.2) is 72.5 Å². The van der Waals surface area contributed by atoms with Gasteiger partial charge in [0.2, 0.25) is 5.91 Å². The van der Waals surface area contributed by atoms with Crippen LogP contribution in [-0.2, 0) is 24.6 Å². The smallest absolute Gasteiger partial charge is 0.353 e. The van der Waals surface area contributed by atoms with Crippen LogP contribution in [0.5, 0.6) is 0 Å². The number of rotatable bonds is 9. The Morgan fingerprint density at radius 2 is 1.64 bits per heavy atom. The van der Waals surface area contributed by atoms with Crippen molar-refractivity contribution in [2.75, 3.05) is 47.7 Å². The Morgan fingerprint density at radius 3 is 2.18 bits per heavy atom. The van der Waals surface area contributed by atoms with Crippen molar-refractivity contribution in [2.24, 2.45) is 5.41 Å². The lowest BCUT2D eigenvalue weighted by Gasteiger charge is -2.39. The zero-order valence-electron chi connectivity index (χ0n) is 27.5. The molecule has 0 radical (unpaired) electrons. The van der Waals surface area contributed by atoms with Crippen LogP contribution in [0.3, 0.4) is 0 Å². The molecule has 3 heterocycles. The highest BCUT2D eigenvalue weighted by Crippen LogP contribution is 2.30. The maximum absolute atomic E-state index is 13.6. The van der Waals surface area contributed by atoms with Crippen molar-refractivity contribution in [3.63, 3.8) is 0 Å². The summed E-state index contributed by atoms with van der Waals surface area (Å²) in [6, 6.07) is 11.7. The Hall–Kier alpha value is -3.97. The first-order valence-corrected chi connectivity index (χ1v) is 17.0. The number of carbonyl (C=O) groups is 2. The van der Waals surface area contributed by atoms with Crippen LogP contribution < -0.4 is 15.3 Å². The van der Waals surface area contributed by atoms with Gasteiger partial charge in [0.25, 0.3) is 10.1 Å². The number of pyridine rings is 1. The zero-order chi connectivity index (χ0) is 33.2.